The average Bonchev–Trinajstić information content (AvgIpc) is 3.35. The molecule has 2 aromatic rings. The van der Waals surface area contributed by atoms with Crippen LogP contribution < -0.4 is 0 Å². The fourth-order valence-electron chi connectivity index (χ4n) is 3.01. The first kappa shape index (κ1) is 14.8. The Labute approximate surface area is 130 Å². The van der Waals surface area contributed by atoms with E-state index in [1.807, 2.05) is 42.2 Å². The number of rotatable bonds is 5. The van der Waals surface area contributed by atoms with Crippen molar-refractivity contribution < 1.29 is 9.18 Å². The van der Waals surface area contributed by atoms with Gasteiger partial charge in [0, 0.05) is 18.7 Å². The minimum absolute atomic E-state index is 0.0453. The summed E-state index contributed by atoms with van der Waals surface area (Å²) < 4.78 is 14.1. The highest BCUT2D eigenvalue weighted by molar-refractivity contribution is 5.91. The standard InChI is InChI=1S/C19H20FNO/c1-2-21(14-15-8-4-3-5-9-15)18(22)19(12-13-19)16-10-6-7-11-17(16)20/h3-11H,2,12-14H2,1H3. The Morgan fingerprint density at radius 2 is 1.73 bits per heavy atom. The van der Waals surface area contributed by atoms with Crippen LogP contribution in [0.3, 0.4) is 0 Å². The van der Waals surface area contributed by atoms with Gasteiger partial charge in [-0.1, -0.05) is 48.5 Å². The summed E-state index contributed by atoms with van der Waals surface area (Å²) in [5.41, 5.74) is 1.00. The van der Waals surface area contributed by atoms with Crippen molar-refractivity contribution in [2.45, 2.75) is 31.7 Å². The van der Waals surface area contributed by atoms with Gasteiger partial charge in [0.15, 0.2) is 0 Å². The summed E-state index contributed by atoms with van der Waals surface area (Å²) in [4.78, 5) is 14.8. The molecular weight excluding hydrogens is 277 g/mol. The number of likely N-dealkylation sites (N-methyl/N-ethyl adjacent to an activating group) is 1. The highest BCUT2D eigenvalue weighted by Gasteiger charge is 2.54. The van der Waals surface area contributed by atoms with Gasteiger partial charge in [-0.3, -0.25) is 4.79 Å². The highest BCUT2D eigenvalue weighted by Crippen LogP contribution is 2.50. The maximum absolute atomic E-state index is 14.1. The van der Waals surface area contributed by atoms with Crippen LogP contribution in [-0.4, -0.2) is 17.4 Å². The second kappa shape index (κ2) is 5.91. The van der Waals surface area contributed by atoms with E-state index in [1.165, 1.54) is 6.07 Å². The summed E-state index contributed by atoms with van der Waals surface area (Å²) in [6.07, 6.45) is 1.47. The fourth-order valence-corrected chi connectivity index (χ4v) is 3.01. The lowest BCUT2D eigenvalue weighted by molar-refractivity contribution is -0.134. The normalized spacial score (nSPS) is 15.4. The van der Waals surface area contributed by atoms with Crippen molar-refractivity contribution in [3.05, 3.63) is 71.5 Å². The zero-order chi connectivity index (χ0) is 15.6. The third-order valence-corrected chi connectivity index (χ3v) is 4.43. The molecule has 0 saturated heterocycles. The smallest absolute Gasteiger partial charge is 0.233 e. The molecule has 0 radical (unpaired) electrons. The third-order valence-electron chi connectivity index (χ3n) is 4.43. The van der Waals surface area contributed by atoms with E-state index in [0.29, 0.717) is 18.7 Å². The van der Waals surface area contributed by atoms with E-state index < -0.39 is 5.41 Å². The highest BCUT2D eigenvalue weighted by atomic mass is 19.1. The molecule has 0 spiro atoms. The molecular formula is C19H20FNO. The molecule has 0 unspecified atom stereocenters. The molecule has 3 rings (SSSR count). The predicted octanol–water partition coefficient (Wildman–Crippen LogP) is 3.91. The van der Waals surface area contributed by atoms with Gasteiger partial charge < -0.3 is 4.90 Å². The average molecular weight is 297 g/mol. The molecule has 22 heavy (non-hydrogen) atoms. The number of hydrogen-bond donors (Lipinski definition) is 0. The Morgan fingerprint density at radius 1 is 1.09 bits per heavy atom. The molecule has 0 bridgehead atoms. The molecule has 114 valence electrons. The van der Waals surface area contributed by atoms with Crippen LogP contribution in [0.1, 0.15) is 30.9 Å². The van der Waals surface area contributed by atoms with E-state index >= 15 is 0 Å². The van der Waals surface area contributed by atoms with E-state index in [0.717, 1.165) is 18.4 Å². The van der Waals surface area contributed by atoms with Crippen molar-refractivity contribution in [2.75, 3.05) is 6.54 Å². The molecule has 0 aliphatic heterocycles. The topological polar surface area (TPSA) is 20.3 Å². The molecule has 1 amide bonds. The first-order valence-electron chi connectivity index (χ1n) is 7.75. The Balaban J connectivity index is 1.84. The lowest BCUT2D eigenvalue weighted by atomic mass is 9.93. The lowest BCUT2D eigenvalue weighted by Gasteiger charge is -2.27. The number of amides is 1. The Morgan fingerprint density at radius 3 is 2.32 bits per heavy atom. The van der Waals surface area contributed by atoms with Crippen LogP contribution in [0.4, 0.5) is 4.39 Å². The second-order valence-electron chi connectivity index (χ2n) is 5.87. The van der Waals surface area contributed by atoms with Gasteiger partial charge in [-0.05, 0) is 31.4 Å². The van der Waals surface area contributed by atoms with E-state index in [2.05, 4.69) is 0 Å². The summed E-state index contributed by atoms with van der Waals surface area (Å²) in [7, 11) is 0. The predicted molar refractivity (Wildman–Crippen MR) is 84.8 cm³/mol. The van der Waals surface area contributed by atoms with E-state index in [-0.39, 0.29) is 11.7 Å². The van der Waals surface area contributed by atoms with E-state index in [1.54, 1.807) is 18.2 Å². The Hall–Kier alpha value is -2.16. The largest absolute Gasteiger partial charge is 0.338 e. The number of hydrogen-bond acceptors (Lipinski definition) is 1. The van der Waals surface area contributed by atoms with E-state index in [9.17, 15) is 9.18 Å². The van der Waals surface area contributed by atoms with Crippen molar-refractivity contribution >= 4 is 5.91 Å². The number of carbonyl (C=O) groups is 1. The van der Waals surface area contributed by atoms with Crippen LogP contribution in [0, 0.1) is 5.82 Å². The third kappa shape index (κ3) is 2.63. The zero-order valence-corrected chi connectivity index (χ0v) is 12.8. The van der Waals surface area contributed by atoms with Crippen LogP contribution in [-0.2, 0) is 16.8 Å². The molecule has 1 aliphatic rings. The number of benzene rings is 2. The number of halogens is 1. The molecule has 1 fully saturated rings. The fraction of sp³-hybridized carbons (Fsp3) is 0.316. The van der Waals surface area contributed by atoms with Crippen molar-refractivity contribution in [3.8, 4) is 0 Å². The molecule has 3 heteroatoms. The molecule has 2 aromatic carbocycles. The van der Waals surface area contributed by atoms with Crippen molar-refractivity contribution in [3.63, 3.8) is 0 Å². The Kier molecular flexibility index (Phi) is 3.97. The van der Waals surface area contributed by atoms with Crippen LogP contribution in [0.15, 0.2) is 54.6 Å². The molecule has 0 atom stereocenters. The monoisotopic (exact) mass is 297 g/mol. The summed E-state index contributed by atoms with van der Waals surface area (Å²) >= 11 is 0. The van der Waals surface area contributed by atoms with Gasteiger partial charge in [0.1, 0.15) is 5.82 Å². The Bertz CT molecular complexity index is 664. The summed E-state index contributed by atoms with van der Waals surface area (Å²) in [6, 6.07) is 16.6. The van der Waals surface area contributed by atoms with Gasteiger partial charge >= 0.3 is 0 Å². The summed E-state index contributed by atoms with van der Waals surface area (Å²) in [6.45, 7) is 3.18. The number of carbonyl (C=O) groups excluding carboxylic acids is 1. The molecule has 0 N–H and O–H groups in total. The quantitative estimate of drug-likeness (QED) is 0.819. The van der Waals surface area contributed by atoms with Gasteiger partial charge in [0.2, 0.25) is 5.91 Å². The van der Waals surface area contributed by atoms with Crippen molar-refractivity contribution in [1.82, 2.24) is 4.90 Å². The minimum Gasteiger partial charge on any atom is -0.338 e. The molecule has 1 saturated carbocycles. The SMILES string of the molecule is CCN(Cc1ccccc1)C(=O)C1(c2ccccc2F)CC1. The van der Waals surface area contributed by atoms with Crippen molar-refractivity contribution in [2.24, 2.45) is 0 Å². The first-order chi connectivity index (χ1) is 10.7. The first-order valence-corrected chi connectivity index (χ1v) is 7.75. The van der Waals surface area contributed by atoms with Gasteiger partial charge in [-0.25, -0.2) is 4.39 Å². The maximum atomic E-state index is 14.1. The van der Waals surface area contributed by atoms with Gasteiger partial charge in [-0.2, -0.15) is 0 Å². The van der Waals surface area contributed by atoms with Gasteiger partial charge in [0.05, 0.1) is 5.41 Å². The summed E-state index contributed by atoms with van der Waals surface area (Å²) in [5, 5.41) is 0. The minimum atomic E-state index is -0.643. The zero-order valence-electron chi connectivity index (χ0n) is 12.8. The second-order valence-corrected chi connectivity index (χ2v) is 5.87. The molecule has 1 aliphatic carbocycles. The molecule has 2 nitrogen and oxygen atoms in total. The van der Waals surface area contributed by atoms with Gasteiger partial charge in [-0.15, -0.1) is 0 Å². The van der Waals surface area contributed by atoms with E-state index in [4.69, 9.17) is 0 Å². The maximum Gasteiger partial charge on any atom is 0.233 e. The molecule has 0 aromatic heterocycles. The lowest BCUT2D eigenvalue weighted by Crippen LogP contribution is -2.39. The number of nitrogens with zero attached hydrogens (tertiary/aromatic N) is 1. The summed E-state index contributed by atoms with van der Waals surface area (Å²) in [5.74, 6) is -0.229. The molecule has 0 heterocycles. The van der Waals surface area contributed by atoms with Gasteiger partial charge in [0.25, 0.3) is 0 Å². The van der Waals surface area contributed by atoms with Crippen LogP contribution in [0.5, 0.6) is 0 Å². The van der Waals surface area contributed by atoms with Crippen molar-refractivity contribution in [1.29, 1.82) is 0 Å². The van der Waals surface area contributed by atoms with Crippen LogP contribution in [0.25, 0.3) is 0 Å². The van der Waals surface area contributed by atoms with Crippen LogP contribution in [0.2, 0.25) is 0 Å². The van der Waals surface area contributed by atoms with Crippen LogP contribution >= 0.6 is 0 Å².